The fraction of sp³-hybridized carbons (Fsp3) is 0.667. The molecular weight excluding hydrogens is 256 g/mol. The van der Waals surface area contributed by atoms with Gasteiger partial charge in [-0.2, -0.15) is 0 Å². The van der Waals surface area contributed by atoms with E-state index in [0.29, 0.717) is 5.76 Å². The first-order chi connectivity index (χ1) is 8.98. The first-order valence-corrected chi connectivity index (χ1v) is 10.3. The van der Waals surface area contributed by atoms with Gasteiger partial charge in [-0.1, -0.05) is 18.4 Å². The third-order valence-electron chi connectivity index (χ3n) is 2.88. The van der Waals surface area contributed by atoms with Crippen molar-refractivity contribution >= 4 is 8.32 Å². The second-order valence-electron chi connectivity index (χ2n) is 5.73. The molecule has 0 spiro atoms. The van der Waals surface area contributed by atoms with E-state index in [4.69, 9.17) is 13.9 Å². The van der Waals surface area contributed by atoms with Gasteiger partial charge in [-0.3, -0.25) is 0 Å². The van der Waals surface area contributed by atoms with Crippen LogP contribution in [0.25, 0.3) is 0 Å². The average molecular weight is 282 g/mol. The van der Waals surface area contributed by atoms with Gasteiger partial charge >= 0.3 is 0 Å². The molecule has 0 aliphatic heterocycles. The first kappa shape index (κ1) is 16.3. The summed E-state index contributed by atoms with van der Waals surface area (Å²) in [6, 6.07) is 0. The zero-order chi connectivity index (χ0) is 14.3. The highest BCUT2D eigenvalue weighted by molar-refractivity contribution is 6.69. The molecule has 1 unspecified atom stereocenters. The van der Waals surface area contributed by atoms with E-state index in [1.807, 2.05) is 0 Å². The molecule has 1 rings (SSSR count). The number of hydrogen-bond acceptors (Lipinski definition) is 3. The molecule has 0 heterocycles. The minimum absolute atomic E-state index is 0.139. The summed E-state index contributed by atoms with van der Waals surface area (Å²) in [4.78, 5) is 0. The van der Waals surface area contributed by atoms with E-state index in [2.05, 4.69) is 38.0 Å². The van der Waals surface area contributed by atoms with E-state index in [9.17, 15) is 0 Å². The molecule has 0 saturated heterocycles. The number of rotatable bonds is 7. The van der Waals surface area contributed by atoms with Gasteiger partial charge in [0.15, 0.2) is 20.9 Å². The van der Waals surface area contributed by atoms with Gasteiger partial charge in [-0.15, -0.1) is 0 Å². The van der Waals surface area contributed by atoms with Crippen LogP contribution in [0.15, 0.2) is 29.7 Å². The zero-order valence-corrected chi connectivity index (χ0v) is 13.6. The molecule has 0 N–H and O–H groups in total. The van der Waals surface area contributed by atoms with E-state index in [0.717, 1.165) is 12.8 Å². The number of methoxy groups -OCH3 is 1. The lowest BCUT2D eigenvalue weighted by Crippen LogP contribution is -2.35. The van der Waals surface area contributed by atoms with Crippen LogP contribution in [0.1, 0.15) is 25.7 Å². The van der Waals surface area contributed by atoms with Gasteiger partial charge in [-0.25, -0.2) is 0 Å². The summed E-state index contributed by atoms with van der Waals surface area (Å²) in [6.45, 7) is 10.5. The van der Waals surface area contributed by atoms with Crippen LogP contribution in [0.2, 0.25) is 19.6 Å². The molecular formula is C15H26O3Si. The molecule has 0 aromatic rings. The Labute approximate surface area is 118 Å². The van der Waals surface area contributed by atoms with Crippen molar-refractivity contribution in [2.45, 2.75) is 51.4 Å². The third-order valence-corrected chi connectivity index (χ3v) is 3.82. The first-order valence-electron chi connectivity index (χ1n) is 6.86. The molecule has 0 fully saturated rings. The maximum atomic E-state index is 6.28. The molecule has 19 heavy (non-hydrogen) atoms. The molecule has 3 nitrogen and oxygen atoms in total. The Morgan fingerprint density at radius 1 is 1.42 bits per heavy atom. The maximum Gasteiger partial charge on any atom is 0.189 e. The van der Waals surface area contributed by atoms with Crippen molar-refractivity contribution in [3.05, 3.63) is 29.7 Å². The molecule has 1 aliphatic rings. The summed E-state index contributed by atoms with van der Waals surface area (Å²) in [5, 5.41) is 0. The minimum atomic E-state index is -1.67. The fourth-order valence-corrected chi connectivity index (χ4v) is 3.06. The van der Waals surface area contributed by atoms with E-state index < -0.39 is 8.32 Å². The van der Waals surface area contributed by atoms with Gasteiger partial charge in [0.2, 0.25) is 0 Å². The van der Waals surface area contributed by atoms with Crippen LogP contribution in [0.4, 0.5) is 0 Å². The lowest BCUT2D eigenvalue weighted by atomic mass is 9.95. The van der Waals surface area contributed by atoms with Crippen molar-refractivity contribution in [2.24, 2.45) is 0 Å². The summed E-state index contributed by atoms with van der Waals surface area (Å²) in [6.07, 6.45) is 6.80. The Hall–Kier alpha value is -0.803. The third kappa shape index (κ3) is 5.79. The van der Waals surface area contributed by atoms with Crippen molar-refractivity contribution < 1.29 is 13.9 Å². The zero-order valence-electron chi connectivity index (χ0n) is 12.6. The lowest BCUT2D eigenvalue weighted by Gasteiger charge is -2.30. The molecule has 4 heteroatoms. The van der Waals surface area contributed by atoms with Crippen molar-refractivity contribution in [1.29, 1.82) is 0 Å². The Morgan fingerprint density at radius 3 is 2.63 bits per heavy atom. The van der Waals surface area contributed by atoms with Crippen LogP contribution in [0, 0.1) is 0 Å². The van der Waals surface area contributed by atoms with Gasteiger partial charge in [0.25, 0.3) is 0 Å². The Morgan fingerprint density at radius 2 is 2.16 bits per heavy atom. The normalized spacial score (nSPS) is 17.4. The second-order valence-corrected chi connectivity index (χ2v) is 10.2. The van der Waals surface area contributed by atoms with Gasteiger partial charge in [0.05, 0.1) is 0 Å². The number of hydrogen-bond donors (Lipinski definition) is 0. The summed E-state index contributed by atoms with van der Waals surface area (Å²) in [7, 11) is -0.0667. The van der Waals surface area contributed by atoms with Crippen molar-refractivity contribution in [3.8, 4) is 0 Å². The lowest BCUT2D eigenvalue weighted by molar-refractivity contribution is -0.0119. The summed E-state index contributed by atoms with van der Waals surface area (Å²) in [5.74, 6) is 0.650. The van der Waals surface area contributed by atoms with Gasteiger partial charge in [0.1, 0.15) is 6.10 Å². The summed E-state index contributed by atoms with van der Waals surface area (Å²) >= 11 is 0. The minimum Gasteiger partial charge on any atom is -0.461 e. The van der Waals surface area contributed by atoms with Crippen LogP contribution in [-0.2, 0) is 13.9 Å². The second kappa shape index (κ2) is 7.71. The molecule has 0 amide bonds. The predicted octanol–water partition coefficient (Wildman–Crippen LogP) is 4.00. The molecule has 0 saturated carbocycles. The highest BCUT2D eigenvalue weighted by Crippen LogP contribution is 2.28. The maximum absolute atomic E-state index is 6.28. The average Bonchev–Trinajstić information content (AvgIpc) is 2.38. The Kier molecular flexibility index (Phi) is 6.59. The Balaban J connectivity index is 2.90. The van der Waals surface area contributed by atoms with E-state index >= 15 is 0 Å². The topological polar surface area (TPSA) is 27.7 Å². The molecule has 0 aromatic carbocycles. The molecule has 1 aliphatic carbocycles. The van der Waals surface area contributed by atoms with Crippen LogP contribution >= 0.6 is 0 Å². The van der Waals surface area contributed by atoms with Gasteiger partial charge in [0, 0.05) is 7.11 Å². The van der Waals surface area contributed by atoms with Crippen LogP contribution in [-0.4, -0.2) is 28.3 Å². The molecule has 108 valence electrons. The van der Waals surface area contributed by atoms with Gasteiger partial charge in [-0.05, 0) is 50.9 Å². The van der Waals surface area contributed by atoms with Crippen LogP contribution in [0.3, 0.4) is 0 Å². The Bertz CT molecular complexity index is 362. The van der Waals surface area contributed by atoms with E-state index in [1.54, 1.807) is 7.11 Å². The smallest absolute Gasteiger partial charge is 0.189 e. The van der Waals surface area contributed by atoms with E-state index in [-0.39, 0.29) is 12.9 Å². The SMILES string of the molecule is C=C=C(OCOC)C(O[Si](C)(C)C)C1=CCCCC1. The highest BCUT2D eigenvalue weighted by atomic mass is 28.4. The highest BCUT2D eigenvalue weighted by Gasteiger charge is 2.28. The van der Waals surface area contributed by atoms with Crippen molar-refractivity contribution in [1.82, 2.24) is 0 Å². The van der Waals surface area contributed by atoms with Crippen LogP contribution in [0.5, 0.6) is 0 Å². The monoisotopic (exact) mass is 282 g/mol. The summed E-state index contributed by atoms with van der Waals surface area (Å²) in [5.41, 5.74) is 4.18. The van der Waals surface area contributed by atoms with Crippen molar-refractivity contribution in [3.63, 3.8) is 0 Å². The number of ether oxygens (including phenoxy) is 2. The standard InChI is InChI=1S/C15H26O3Si/c1-6-14(17-12-16-2)15(18-19(3,4)5)13-10-8-7-9-11-13/h10,15H,1,7-9,11-12H2,2-5H3. The predicted molar refractivity (Wildman–Crippen MR) is 80.4 cm³/mol. The quantitative estimate of drug-likeness (QED) is 0.232. The largest absolute Gasteiger partial charge is 0.461 e. The fourth-order valence-electron chi connectivity index (χ4n) is 2.09. The van der Waals surface area contributed by atoms with Gasteiger partial charge < -0.3 is 13.9 Å². The van der Waals surface area contributed by atoms with Crippen LogP contribution < -0.4 is 0 Å². The number of allylic oxidation sites excluding steroid dienone is 1. The van der Waals surface area contributed by atoms with Crippen molar-refractivity contribution in [2.75, 3.05) is 13.9 Å². The summed E-state index contributed by atoms with van der Waals surface area (Å²) < 4.78 is 16.8. The molecule has 0 aromatic heterocycles. The molecule has 0 bridgehead atoms. The molecule has 0 radical (unpaired) electrons. The van der Waals surface area contributed by atoms with E-state index in [1.165, 1.54) is 18.4 Å². The molecule has 1 atom stereocenters.